The van der Waals surface area contributed by atoms with Crippen LogP contribution in [0.25, 0.3) is 0 Å². The van der Waals surface area contributed by atoms with E-state index in [1.165, 1.54) is 4.90 Å². The highest BCUT2D eigenvalue weighted by atomic mass is 16.5. The molecule has 3 rings (SSSR count). The second-order valence-corrected chi connectivity index (χ2v) is 6.12. The van der Waals surface area contributed by atoms with Crippen molar-refractivity contribution < 1.29 is 14.1 Å². The van der Waals surface area contributed by atoms with Crippen LogP contribution in [0.5, 0.6) is 0 Å². The van der Waals surface area contributed by atoms with Gasteiger partial charge in [0.15, 0.2) is 0 Å². The molecular weight excluding hydrogens is 294 g/mol. The minimum Gasteiger partial charge on any atom is -0.361 e. The van der Waals surface area contributed by atoms with Crippen molar-refractivity contribution in [1.29, 1.82) is 0 Å². The first-order valence-electron chi connectivity index (χ1n) is 7.46. The molecule has 0 spiro atoms. The summed E-state index contributed by atoms with van der Waals surface area (Å²) in [6.45, 7) is 7.43. The second-order valence-electron chi connectivity index (χ2n) is 6.12. The maximum absolute atomic E-state index is 12.9. The van der Waals surface area contributed by atoms with Crippen LogP contribution in [-0.2, 0) is 16.9 Å². The first-order chi connectivity index (χ1) is 10.8. The van der Waals surface area contributed by atoms with Crippen LogP contribution in [0.3, 0.4) is 0 Å². The normalized spacial score (nSPS) is 21.0. The first-order valence-corrected chi connectivity index (χ1v) is 7.46. The minimum atomic E-state index is -1.05. The SMILES string of the molecule is Cc1ccc([C@]2(C)NC(=O)N(Cc3c(C)noc3C)C2=O)cc1. The number of nitrogens with zero attached hydrogens (tertiary/aromatic N) is 2. The van der Waals surface area contributed by atoms with Gasteiger partial charge in [0.2, 0.25) is 0 Å². The van der Waals surface area contributed by atoms with Crippen LogP contribution in [0.4, 0.5) is 4.79 Å². The molecule has 6 nitrogen and oxygen atoms in total. The van der Waals surface area contributed by atoms with Gasteiger partial charge in [-0.2, -0.15) is 0 Å². The van der Waals surface area contributed by atoms with Crippen molar-refractivity contribution in [3.8, 4) is 0 Å². The summed E-state index contributed by atoms with van der Waals surface area (Å²) in [5.41, 5.74) is 2.27. The number of nitrogens with one attached hydrogen (secondary N) is 1. The molecule has 2 heterocycles. The maximum atomic E-state index is 12.9. The van der Waals surface area contributed by atoms with Crippen LogP contribution in [0.15, 0.2) is 28.8 Å². The molecule has 2 aromatic rings. The third-order valence-electron chi connectivity index (χ3n) is 4.40. The zero-order valence-corrected chi connectivity index (χ0v) is 13.6. The molecule has 1 atom stereocenters. The van der Waals surface area contributed by atoms with E-state index < -0.39 is 11.6 Å². The molecule has 1 N–H and O–H groups in total. The third kappa shape index (κ3) is 2.40. The molecule has 23 heavy (non-hydrogen) atoms. The van der Waals surface area contributed by atoms with Crippen LogP contribution < -0.4 is 5.32 Å². The van der Waals surface area contributed by atoms with E-state index in [4.69, 9.17) is 4.52 Å². The average molecular weight is 313 g/mol. The summed E-state index contributed by atoms with van der Waals surface area (Å²) in [5, 5.41) is 6.67. The molecule has 120 valence electrons. The van der Waals surface area contributed by atoms with Gasteiger partial charge in [-0.15, -0.1) is 0 Å². The van der Waals surface area contributed by atoms with Crippen LogP contribution in [0.1, 0.15) is 35.1 Å². The molecule has 6 heteroatoms. The van der Waals surface area contributed by atoms with Crippen LogP contribution in [0, 0.1) is 20.8 Å². The number of amides is 3. The number of rotatable bonds is 3. The van der Waals surface area contributed by atoms with Crippen molar-refractivity contribution in [3.63, 3.8) is 0 Å². The highest BCUT2D eigenvalue weighted by Gasteiger charge is 2.49. The minimum absolute atomic E-state index is 0.160. The van der Waals surface area contributed by atoms with Gasteiger partial charge in [0.1, 0.15) is 11.3 Å². The molecule has 3 amide bonds. The van der Waals surface area contributed by atoms with Crippen LogP contribution >= 0.6 is 0 Å². The number of imide groups is 1. The fourth-order valence-corrected chi connectivity index (χ4v) is 2.81. The molecule has 0 unspecified atom stereocenters. The number of urea groups is 1. The van der Waals surface area contributed by atoms with Gasteiger partial charge in [-0.1, -0.05) is 35.0 Å². The zero-order chi connectivity index (χ0) is 16.8. The van der Waals surface area contributed by atoms with Gasteiger partial charge in [-0.05, 0) is 33.3 Å². The van der Waals surface area contributed by atoms with Crippen molar-refractivity contribution in [1.82, 2.24) is 15.4 Å². The lowest BCUT2D eigenvalue weighted by atomic mass is 9.91. The highest BCUT2D eigenvalue weighted by molar-refractivity contribution is 6.07. The number of carbonyl (C=O) groups excluding carboxylic acids is 2. The van der Waals surface area contributed by atoms with E-state index in [0.717, 1.165) is 16.7 Å². The Bertz CT molecular complexity index is 759. The standard InChI is InChI=1S/C17H19N3O3/c1-10-5-7-13(8-6-10)17(4)15(21)20(16(22)18-17)9-14-11(2)19-23-12(14)3/h5-8H,9H2,1-4H3,(H,18,22)/t17-/m0/s1. The summed E-state index contributed by atoms with van der Waals surface area (Å²) in [6.07, 6.45) is 0. The Balaban J connectivity index is 1.92. The molecule has 1 aliphatic rings. The Labute approximate surface area is 134 Å². The number of carbonyl (C=O) groups is 2. The number of hydrogen-bond donors (Lipinski definition) is 1. The van der Waals surface area contributed by atoms with Crippen molar-refractivity contribution >= 4 is 11.9 Å². The fraction of sp³-hybridized carbons (Fsp3) is 0.353. The monoisotopic (exact) mass is 313 g/mol. The predicted molar refractivity (Wildman–Crippen MR) is 83.6 cm³/mol. The maximum Gasteiger partial charge on any atom is 0.325 e. The van der Waals surface area contributed by atoms with Gasteiger partial charge >= 0.3 is 6.03 Å². The summed E-state index contributed by atoms with van der Waals surface area (Å²) in [5.74, 6) is 0.346. The van der Waals surface area contributed by atoms with E-state index in [2.05, 4.69) is 10.5 Å². The summed E-state index contributed by atoms with van der Waals surface area (Å²) in [4.78, 5) is 26.4. The van der Waals surface area contributed by atoms with Crippen LogP contribution in [-0.4, -0.2) is 22.0 Å². The lowest BCUT2D eigenvalue weighted by Crippen LogP contribution is -2.40. The fourth-order valence-electron chi connectivity index (χ4n) is 2.81. The Hall–Kier alpha value is -2.63. The molecule has 1 aliphatic heterocycles. The summed E-state index contributed by atoms with van der Waals surface area (Å²) >= 11 is 0. The Morgan fingerprint density at radius 1 is 1.17 bits per heavy atom. The van der Waals surface area contributed by atoms with Crippen molar-refractivity contribution in [2.45, 2.75) is 39.8 Å². The van der Waals surface area contributed by atoms with Gasteiger partial charge in [-0.3, -0.25) is 9.69 Å². The molecule has 0 radical (unpaired) electrons. The molecule has 0 bridgehead atoms. The van der Waals surface area contributed by atoms with Gasteiger partial charge < -0.3 is 9.84 Å². The van der Waals surface area contributed by atoms with Crippen LogP contribution in [0.2, 0.25) is 0 Å². The molecule has 1 fully saturated rings. The first kappa shape index (κ1) is 15.3. The summed E-state index contributed by atoms with van der Waals surface area (Å²) in [6, 6.07) is 7.19. The average Bonchev–Trinajstić information content (AvgIpc) is 2.93. The Morgan fingerprint density at radius 2 is 1.83 bits per heavy atom. The van der Waals surface area contributed by atoms with E-state index in [1.807, 2.05) is 31.2 Å². The molecule has 1 saturated heterocycles. The van der Waals surface area contributed by atoms with Gasteiger partial charge in [-0.25, -0.2) is 4.79 Å². The van der Waals surface area contributed by atoms with Crippen molar-refractivity contribution in [3.05, 3.63) is 52.4 Å². The summed E-state index contributed by atoms with van der Waals surface area (Å²) in [7, 11) is 0. The van der Waals surface area contributed by atoms with E-state index in [1.54, 1.807) is 20.8 Å². The smallest absolute Gasteiger partial charge is 0.325 e. The largest absolute Gasteiger partial charge is 0.361 e. The molecule has 1 aromatic heterocycles. The van der Waals surface area contributed by atoms with Gasteiger partial charge in [0.05, 0.1) is 12.2 Å². The van der Waals surface area contributed by atoms with Gasteiger partial charge in [0.25, 0.3) is 5.91 Å². The number of aryl methyl sites for hydroxylation is 3. The van der Waals surface area contributed by atoms with E-state index in [0.29, 0.717) is 11.5 Å². The number of hydrogen-bond acceptors (Lipinski definition) is 4. The lowest BCUT2D eigenvalue weighted by molar-refractivity contribution is -0.131. The number of aromatic nitrogens is 1. The quantitative estimate of drug-likeness (QED) is 0.884. The topological polar surface area (TPSA) is 75.4 Å². The van der Waals surface area contributed by atoms with E-state index >= 15 is 0 Å². The highest BCUT2D eigenvalue weighted by Crippen LogP contribution is 2.30. The van der Waals surface area contributed by atoms with Crippen molar-refractivity contribution in [2.24, 2.45) is 0 Å². The summed E-state index contributed by atoms with van der Waals surface area (Å²) < 4.78 is 5.11. The van der Waals surface area contributed by atoms with E-state index in [-0.39, 0.29) is 12.5 Å². The number of benzene rings is 1. The third-order valence-corrected chi connectivity index (χ3v) is 4.40. The zero-order valence-electron chi connectivity index (χ0n) is 13.6. The second kappa shape index (κ2) is 5.22. The van der Waals surface area contributed by atoms with E-state index in [9.17, 15) is 9.59 Å². The molecule has 0 saturated carbocycles. The predicted octanol–water partition coefficient (Wildman–Crippen LogP) is 2.57. The Morgan fingerprint density at radius 3 is 2.39 bits per heavy atom. The molecular formula is C17H19N3O3. The van der Waals surface area contributed by atoms with Gasteiger partial charge in [0, 0.05) is 5.56 Å². The molecule has 0 aliphatic carbocycles. The lowest BCUT2D eigenvalue weighted by Gasteiger charge is -2.22. The Kier molecular flexibility index (Phi) is 3.47. The molecule has 1 aromatic carbocycles. The van der Waals surface area contributed by atoms with Crippen molar-refractivity contribution in [2.75, 3.05) is 0 Å².